The highest BCUT2D eigenvalue weighted by Gasteiger charge is 2.21. The summed E-state index contributed by atoms with van der Waals surface area (Å²) in [6.45, 7) is 2.90. The first-order valence-electron chi connectivity index (χ1n) is 13.7. The third-order valence-corrected chi connectivity index (χ3v) is 6.75. The van der Waals surface area contributed by atoms with Crippen LogP contribution >= 0.6 is 0 Å². The summed E-state index contributed by atoms with van der Waals surface area (Å²) in [4.78, 5) is 46.8. The van der Waals surface area contributed by atoms with E-state index in [0.29, 0.717) is 39.5 Å². The van der Waals surface area contributed by atoms with Gasteiger partial charge in [0.2, 0.25) is 5.91 Å². The molecular weight excluding hydrogens is 560 g/mol. The van der Waals surface area contributed by atoms with Crippen LogP contribution in [0.1, 0.15) is 24.2 Å². The zero-order valence-corrected chi connectivity index (χ0v) is 24.6. The Morgan fingerprint density at radius 3 is 1.66 bits per heavy atom. The van der Waals surface area contributed by atoms with Crippen LogP contribution in [0, 0.1) is 0 Å². The average Bonchev–Trinajstić information content (AvgIpc) is 3.04. The number of hydrogen-bond acceptors (Lipinski definition) is 8. The quantitative estimate of drug-likeness (QED) is 0.196. The van der Waals surface area contributed by atoms with Crippen LogP contribution in [0.4, 0.5) is 11.4 Å². The molecule has 2 N–H and O–H groups in total. The molecule has 0 aliphatic heterocycles. The molecule has 0 fully saturated rings. The first-order valence-corrected chi connectivity index (χ1v) is 13.7. The SMILES string of the molecule is COc1ccc(-c2nc3ccc(C(=O)OC(C)C(=O)Nc4ccc(NC(C)=O)cc4)cc3nc2-c2ccc(OC)cc2)cc1. The summed E-state index contributed by atoms with van der Waals surface area (Å²) in [5.74, 6) is 0.0504. The van der Waals surface area contributed by atoms with Gasteiger partial charge in [0, 0.05) is 29.4 Å². The van der Waals surface area contributed by atoms with Crippen LogP contribution in [0.2, 0.25) is 0 Å². The number of ether oxygens (including phenoxy) is 3. The molecule has 0 aliphatic rings. The zero-order valence-electron chi connectivity index (χ0n) is 24.6. The van der Waals surface area contributed by atoms with Crippen LogP contribution in [0.15, 0.2) is 91.0 Å². The Balaban J connectivity index is 1.39. The van der Waals surface area contributed by atoms with Crippen molar-refractivity contribution < 1.29 is 28.6 Å². The topological polar surface area (TPSA) is 129 Å². The van der Waals surface area contributed by atoms with Gasteiger partial charge in [-0.2, -0.15) is 0 Å². The molecule has 1 atom stereocenters. The second kappa shape index (κ2) is 13.0. The standard InChI is InChI=1S/C34H30N4O6/c1-20(33(40)36-26-12-10-25(11-13-26)35-21(2)39)44-34(41)24-9-18-29-30(19-24)38-32(23-7-16-28(43-4)17-8-23)31(37-29)22-5-14-27(42-3)15-6-22/h5-20H,1-4H3,(H,35,39)(H,36,40). The third kappa shape index (κ3) is 6.81. The summed E-state index contributed by atoms with van der Waals surface area (Å²) in [6, 6.07) is 26.5. The van der Waals surface area contributed by atoms with E-state index >= 15 is 0 Å². The zero-order chi connectivity index (χ0) is 31.2. The van der Waals surface area contributed by atoms with Crippen LogP contribution in [-0.4, -0.2) is 48.1 Å². The van der Waals surface area contributed by atoms with Crippen molar-refractivity contribution in [3.8, 4) is 34.0 Å². The molecule has 1 unspecified atom stereocenters. The van der Waals surface area contributed by atoms with Crippen LogP contribution in [-0.2, 0) is 14.3 Å². The molecule has 2 amide bonds. The molecule has 5 rings (SSSR count). The van der Waals surface area contributed by atoms with Crippen molar-refractivity contribution in [1.29, 1.82) is 0 Å². The molecule has 222 valence electrons. The highest BCUT2D eigenvalue weighted by atomic mass is 16.5. The van der Waals surface area contributed by atoms with E-state index in [4.69, 9.17) is 24.2 Å². The molecule has 0 saturated carbocycles. The number of methoxy groups -OCH3 is 2. The molecule has 44 heavy (non-hydrogen) atoms. The number of aromatic nitrogens is 2. The number of carbonyl (C=O) groups is 3. The molecule has 10 nitrogen and oxygen atoms in total. The fourth-order valence-corrected chi connectivity index (χ4v) is 4.45. The number of benzene rings is 4. The molecule has 4 aromatic carbocycles. The summed E-state index contributed by atoms with van der Waals surface area (Å²) in [5.41, 5.74) is 5.33. The predicted molar refractivity (Wildman–Crippen MR) is 168 cm³/mol. The normalized spacial score (nSPS) is 11.4. The highest BCUT2D eigenvalue weighted by Crippen LogP contribution is 2.33. The Kier molecular flexibility index (Phi) is 8.80. The minimum absolute atomic E-state index is 0.198. The van der Waals surface area contributed by atoms with Gasteiger partial charge in [0.25, 0.3) is 5.91 Å². The molecular formula is C34H30N4O6. The van der Waals surface area contributed by atoms with Crippen molar-refractivity contribution in [3.63, 3.8) is 0 Å². The number of hydrogen-bond donors (Lipinski definition) is 2. The van der Waals surface area contributed by atoms with Gasteiger partial charge in [-0.3, -0.25) is 9.59 Å². The molecule has 0 saturated heterocycles. The largest absolute Gasteiger partial charge is 0.497 e. The van der Waals surface area contributed by atoms with Crippen molar-refractivity contribution in [2.75, 3.05) is 24.9 Å². The van der Waals surface area contributed by atoms with E-state index < -0.39 is 18.0 Å². The van der Waals surface area contributed by atoms with Crippen LogP contribution in [0.25, 0.3) is 33.5 Å². The van der Waals surface area contributed by atoms with E-state index in [1.54, 1.807) is 56.7 Å². The highest BCUT2D eigenvalue weighted by molar-refractivity contribution is 5.99. The fourth-order valence-electron chi connectivity index (χ4n) is 4.45. The van der Waals surface area contributed by atoms with Crippen LogP contribution in [0.5, 0.6) is 11.5 Å². The van der Waals surface area contributed by atoms with E-state index in [-0.39, 0.29) is 11.5 Å². The molecule has 0 aliphatic carbocycles. The lowest BCUT2D eigenvalue weighted by Crippen LogP contribution is -2.30. The lowest BCUT2D eigenvalue weighted by Gasteiger charge is -2.15. The maximum Gasteiger partial charge on any atom is 0.338 e. The number of nitrogens with one attached hydrogen (secondary N) is 2. The summed E-state index contributed by atoms with van der Waals surface area (Å²) in [7, 11) is 3.21. The van der Waals surface area contributed by atoms with Gasteiger partial charge in [-0.1, -0.05) is 0 Å². The van der Waals surface area contributed by atoms with Gasteiger partial charge in [0.1, 0.15) is 11.5 Å². The number of nitrogens with zero attached hydrogens (tertiary/aromatic N) is 2. The van der Waals surface area contributed by atoms with Gasteiger partial charge in [0.15, 0.2) is 6.10 Å². The van der Waals surface area contributed by atoms with Crippen molar-refractivity contribution in [1.82, 2.24) is 9.97 Å². The molecule has 1 heterocycles. The Labute approximate surface area is 254 Å². The van der Waals surface area contributed by atoms with E-state index in [0.717, 1.165) is 16.9 Å². The van der Waals surface area contributed by atoms with Gasteiger partial charge in [-0.15, -0.1) is 0 Å². The Morgan fingerprint density at radius 2 is 1.16 bits per heavy atom. The molecule has 0 radical (unpaired) electrons. The van der Waals surface area contributed by atoms with E-state index in [2.05, 4.69) is 10.6 Å². The minimum atomic E-state index is -1.08. The van der Waals surface area contributed by atoms with E-state index in [1.807, 2.05) is 48.5 Å². The van der Waals surface area contributed by atoms with Gasteiger partial charge in [-0.05, 0) is 97.9 Å². The summed E-state index contributed by atoms with van der Waals surface area (Å²) in [6.07, 6.45) is -1.08. The number of rotatable bonds is 9. The van der Waals surface area contributed by atoms with Crippen molar-refractivity contribution in [2.24, 2.45) is 0 Å². The van der Waals surface area contributed by atoms with E-state index in [1.165, 1.54) is 13.8 Å². The smallest absolute Gasteiger partial charge is 0.338 e. The molecule has 0 bridgehead atoms. The summed E-state index contributed by atoms with van der Waals surface area (Å²) >= 11 is 0. The first-order chi connectivity index (χ1) is 21.2. The van der Waals surface area contributed by atoms with Crippen LogP contribution in [0.3, 0.4) is 0 Å². The molecule has 0 spiro atoms. The second-order valence-corrected chi connectivity index (χ2v) is 9.88. The van der Waals surface area contributed by atoms with Gasteiger partial charge in [0.05, 0.1) is 42.2 Å². The number of anilines is 2. The Hall–Kier alpha value is -5.77. The lowest BCUT2D eigenvalue weighted by molar-refractivity contribution is -0.123. The van der Waals surface area contributed by atoms with Crippen molar-refractivity contribution in [2.45, 2.75) is 20.0 Å². The lowest BCUT2D eigenvalue weighted by atomic mass is 10.0. The number of amides is 2. The van der Waals surface area contributed by atoms with Gasteiger partial charge >= 0.3 is 5.97 Å². The molecule has 1 aromatic heterocycles. The molecule has 10 heteroatoms. The van der Waals surface area contributed by atoms with Crippen LogP contribution < -0.4 is 20.1 Å². The van der Waals surface area contributed by atoms with Crippen molar-refractivity contribution >= 4 is 40.2 Å². The maximum atomic E-state index is 13.1. The fraction of sp³-hybridized carbons (Fsp3) is 0.147. The van der Waals surface area contributed by atoms with E-state index in [9.17, 15) is 14.4 Å². The third-order valence-electron chi connectivity index (χ3n) is 6.75. The number of carbonyl (C=O) groups excluding carboxylic acids is 3. The molecule has 5 aromatic rings. The first kappa shape index (κ1) is 29.7. The minimum Gasteiger partial charge on any atom is -0.497 e. The number of esters is 1. The second-order valence-electron chi connectivity index (χ2n) is 9.88. The predicted octanol–water partition coefficient (Wildman–Crippen LogP) is 6.12. The summed E-state index contributed by atoms with van der Waals surface area (Å²) < 4.78 is 16.1. The number of fused-ring (bicyclic) bond motifs is 1. The van der Waals surface area contributed by atoms with Crippen molar-refractivity contribution in [3.05, 3.63) is 96.6 Å². The Bertz CT molecular complexity index is 1820. The monoisotopic (exact) mass is 590 g/mol. The summed E-state index contributed by atoms with van der Waals surface area (Å²) in [5, 5.41) is 5.36. The Morgan fingerprint density at radius 1 is 0.659 bits per heavy atom. The van der Waals surface area contributed by atoms with Gasteiger partial charge in [-0.25, -0.2) is 14.8 Å². The maximum absolute atomic E-state index is 13.1. The average molecular weight is 591 g/mol. The van der Waals surface area contributed by atoms with Gasteiger partial charge < -0.3 is 24.8 Å².